The van der Waals surface area contributed by atoms with Crippen molar-refractivity contribution in [2.24, 2.45) is 23.5 Å². The number of rotatable bonds is 1. The first kappa shape index (κ1) is 8.52. The summed E-state index contributed by atoms with van der Waals surface area (Å²) < 4.78 is 0. The molecule has 1 aliphatic heterocycles. The van der Waals surface area contributed by atoms with Crippen molar-refractivity contribution in [1.82, 2.24) is 5.32 Å². The Labute approximate surface area is 74.9 Å². The molecule has 0 aromatic carbocycles. The molecule has 1 aliphatic carbocycles. The minimum absolute atomic E-state index is 0.837. The molecule has 2 heteroatoms. The smallest absolute Gasteiger partial charge is 0.00179 e. The molecular formula is C10H20N2. The summed E-state index contributed by atoms with van der Waals surface area (Å²) in [4.78, 5) is 0. The van der Waals surface area contributed by atoms with Crippen LogP contribution in [-0.4, -0.2) is 19.6 Å². The van der Waals surface area contributed by atoms with Crippen LogP contribution in [-0.2, 0) is 0 Å². The van der Waals surface area contributed by atoms with Crippen molar-refractivity contribution in [3.63, 3.8) is 0 Å². The first-order chi connectivity index (χ1) is 5.90. The average molecular weight is 168 g/mol. The predicted molar refractivity (Wildman–Crippen MR) is 50.9 cm³/mol. The molecule has 0 spiro atoms. The van der Waals surface area contributed by atoms with Crippen molar-refractivity contribution in [2.75, 3.05) is 19.6 Å². The molecule has 0 aromatic heterocycles. The van der Waals surface area contributed by atoms with Gasteiger partial charge in [-0.25, -0.2) is 0 Å². The summed E-state index contributed by atoms with van der Waals surface area (Å²) in [7, 11) is 0. The molecule has 70 valence electrons. The quantitative estimate of drug-likeness (QED) is 0.612. The second-order valence-corrected chi connectivity index (χ2v) is 4.43. The van der Waals surface area contributed by atoms with Crippen LogP contribution in [0.15, 0.2) is 0 Å². The van der Waals surface area contributed by atoms with Crippen molar-refractivity contribution in [1.29, 1.82) is 0 Å². The van der Waals surface area contributed by atoms with Gasteiger partial charge in [0.25, 0.3) is 0 Å². The largest absolute Gasteiger partial charge is 0.330 e. The molecule has 3 atom stereocenters. The minimum atomic E-state index is 0.837. The number of piperidine rings is 1. The number of nitrogens with one attached hydrogen (secondary N) is 1. The number of hydrogen-bond donors (Lipinski definition) is 2. The average Bonchev–Trinajstić information content (AvgIpc) is 2.17. The van der Waals surface area contributed by atoms with E-state index in [0.717, 1.165) is 24.3 Å². The third kappa shape index (κ3) is 1.64. The Hall–Kier alpha value is -0.0800. The van der Waals surface area contributed by atoms with Crippen molar-refractivity contribution < 1.29 is 0 Å². The van der Waals surface area contributed by atoms with Gasteiger partial charge in [0.05, 0.1) is 0 Å². The second-order valence-electron chi connectivity index (χ2n) is 4.43. The van der Waals surface area contributed by atoms with E-state index in [1.165, 1.54) is 38.8 Å². The van der Waals surface area contributed by atoms with Gasteiger partial charge in [0.2, 0.25) is 0 Å². The summed E-state index contributed by atoms with van der Waals surface area (Å²) in [6.45, 7) is 3.41. The van der Waals surface area contributed by atoms with Gasteiger partial charge in [-0.1, -0.05) is 0 Å². The summed E-state index contributed by atoms with van der Waals surface area (Å²) in [5, 5.41) is 3.49. The van der Waals surface area contributed by atoms with Gasteiger partial charge in [0, 0.05) is 0 Å². The molecule has 1 heterocycles. The lowest BCUT2D eigenvalue weighted by atomic mass is 9.71. The van der Waals surface area contributed by atoms with Gasteiger partial charge >= 0.3 is 0 Å². The number of hydrogen-bond acceptors (Lipinski definition) is 2. The zero-order chi connectivity index (χ0) is 8.39. The van der Waals surface area contributed by atoms with Crippen LogP contribution >= 0.6 is 0 Å². The molecule has 3 unspecified atom stereocenters. The van der Waals surface area contributed by atoms with E-state index in [1.54, 1.807) is 0 Å². The Balaban J connectivity index is 1.90. The second kappa shape index (κ2) is 3.75. The van der Waals surface area contributed by atoms with Gasteiger partial charge in [0.15, 0.2) is 0 Å². The number of nitrogens with two attached hydrogens (primary N) is 1. The SMILES string of the molecule is NCC1CCC2CNCCC2C1. The lowest BCUT2D eigenvalue weighted by Crippen LogP contribution is -2.41. The van der Waals surface area contributed by atoms with Gasteiger partial charge in [0.1, 0.15) is 0 Å². The molecule has 1 saturated carbocycles. The fourth-order valence-corrected chi connectivity index (χ4v) is 2.84. The monoisotopic (exact) mass is 168 g/mol. The molecular weight excluding hydrogens is 148 g/mol. The van der Waals surface area contributed by atoms with Crippen LogP contribution in [0.1, 0.15) is 25.7 Å². The molecule has 2 nitrogen and oxygen atoms in total. The van der Waals surface area contributed by atoms with Crippen molar-refractivity contribution in [2.45, 2.75) is 25.7 Å². The Morgan fingerprint density at radius 1 is 1.17 bits per heavy atom. The van der Waals surface area contributed by atoms with Crippen LogP contribution in [0.2, 0.25) is 0 Å². The third-order valence-corrected chi connectivity index (χ3v) is 3.68. The van der Waals surface area contributed by atoms with Gasteiger partial charge in [-0.3, -0.25) is 0 Å². The Bertz CT molecular complexity index is 147. The standard InChI is InChI=1S/C10H20N2/c11-6-8-1-2-10-7-12-4-3-9(10)5-8/h8-10,12H,1-7,11H2. The Kier molecular flexibility index (Phi) is 2.66. The molecule has 12 heavy (non-hydrogen) atoms. The van der Waals surface area contributed by atoms with E-state index in [9.17, 15) is 0 Å². The molecule has 0 amide bonds. The maximum absolute atomic E-state index is 5.71. The van der Waals surface area contributed by atoms with E-state index in [1.807, 2.05) is 0 Å². The molecule has 2 aliphatic rings. The van der Waals surface area contributed by atoms with Crippen LogP contribution in [0, 0.1) is 17.8 Å². The highest BCUT2D eigenvalue weighted by Crippen LogP contribution is 2.36. The zero-order valence-corrected chi connectivity index (χ0v) is 7.76. The van der Waals surface area contributed by atoms with Crippen LogP contribution in [0.25, 0.3) is 0 Å². The van der Waals surface area contributed by atoms with Crippen LogP contribution in [0.3, 0.4) is 0 Å². The highest BCUT2D eigenvalue weighted by Gasteiger charge is 2.31. The fourth-order valence-electron chi connectivity index (χ4n) is 2.84. The number of fused-ring (bicyclic) bond motifs is 1. The molecule has 2 fully saturated rings. The molecule has 2 rings (SSSR count). The molecule has 0 bridgehead atoms. The van der Waals surface area contributed by atoms with E-state index < -0.39 is 0 Å². The summed E-state index contributed by atoms with van der Waals surface area (Å²) >= 11 is 0. The van der Waals surface area contributed by atoms with Gasteiger partial charge < -0.3 is 11.1 Å². The van der Waals surface area contributed by atoms with Crippen LogP contribution in [0.5, 0.6) is 0 Å². The Morgan fingerprint density at radius 3 is 2.92 bits per heavy atom. The van der Waals surface area contributed by atoms with E-state index in [4.69, 9.17) is 5.73 Å². The van der Waals surface area contributed by atoms with Gasteiger partial charge in [-0.15, -0.1) is 0 Å². The maximum atomic E-state index is 5.71. The van der Waals surface area contributed by atoms with Gasteiger partial charge in [-0.05, 0) is 63.1 Å². The highest BCUT2D eigenvalue weighted by atomic mass is 14.9. The molecule has 0 radical (unpaired) electrons. The van der Waals surface area contributed by atoms with Crippen molar-refractivity contribution in [3.8, 4) is 0 Å². The fraction of sp³-hybridized carbons (Fsp3) is 1.00. The molecule has 0 aromatic rings. The summed E-state index contributed by atoms with van der Waals surface area (Å²) in [5.74, 6) is 2.81. The molecule has 3 N–H and O–H groups in total. The topological polar surface area (TPSA) is 38.0 Å². The Morgan fingerprint density at radius 2 is 2.08 bits per heavy atom. The van der Waals surface area contributed by atoms with E-state index in [-0.39, 0.29) is 0 Å². The zero-order valence-electron chi connectivity index (χ0n) is 7.76. The predicted octanol–water partition coefficient (Wildman–Crippen LogP) is 0.971. The van der Waals surface area contributed by atoms with E-state index in [2.05, 4.69) is 5.32 Å². The third-order valence-electron chi connectivity index (χ3n) is 3.68. The summed E-state index contributed by atoms with van der Waals surface area (Å²) in [5.41, 5.74) is 5.71. The maximum Gasteiger partial charge on any atom is -0.00179 e. The van der Waals surface area contributed by atoms with E-state index >= 15 is 0 Å². The lowest BCUT2D eigenvalue weighted by molar-refractivity contribution is 0.145. The van der Waals surface area contributed by atoms with E-state index in [0.29, 0.717) is 0 Å². The summed E-state index contributed by atoms with van der Waals surface area (Å²) in [6, 6.07) is 0. The molecule has 1 saturated heterocycles. The first-order valence-corrected chi connectivity index (χ1v) is 5.31. The normalized spacial score (nSPS) is 42.2. The van der Waals surface area contributed by atoms with Crippen molar-refractivity contribution in [3.05, 3.63) is 0 Å². The lowest BCUT2D eigenvalue weighted by Gasteiger charge is -2.39. The van der Waals surface area contributed by atoms with Crippen LogP contribution in [0.4, 0.5) is 0 Å². The first-order valence-electron chi connectivity index (χ1n) is 5.31. The minimum Gasteiger partial charge on any atom is -0.330 e. The highest BCUT2D eigenvalue weighted by molar-refractivity contribution is 4.85. The van der Waals surface area contributed by atoms with Crippen molar-refractivity contribution >= 4 is 0 Å². The van der Waals surface area contributed by atoms with Gasteiger partial charge in [-0.2, -0.15) is 0 Å². The summed E-state index contributed by atoms with van der Waals surface area (Å²) in [6.07, 6.45) is 5.59. The van der Waals surface area contributed by atoms with Crippen LogP contribution < -0.4 is 11.1 Å².